The van der Waals surface area contributed by atoms with E-state index in [4.69, 9.17) is 4.74 Å². The molecule has 19 heavy (non-hydrogen) atoms. The second-order valence-corrected chi connectivity index (χ2v) is 3.78. The summed E-state index contributed by atoms with van der Waals surface area (Å²) in [6.07, 6.45) is 0. The first kappa shape index (κ1) is 13.0. The van der Waals surface area contributed by atoms with E-state index in [9.17, 15) is 13.6 Å². The van der Waals surface area contributed by atoms with Crippen LogP contribution in [0.15, 0.2) is 42.5 Å². The maximum absolute atomic E-state index is 13.4. The average molecular weight is 263 g/mol. The fraction of sp³-hybridized carbons (Fsp3) is 0.0714. The Hall–Kier alpha value is -2.43. The molecular formula is C14H11F2NO2. The van der Waals surface area contributed by atoms with Gasteiger partial charge in [0.15, 0.2) is 0 Å². The van der Waals surface area contributed by atoms with Crippen molar-refractivity contribution in [3.63, 3.8) is 0 Å². The molecule has 0 aliphatic carbocycles. The Morgan fingerprint density at radius 2 is 1.89 bits per heavy atom. The van der Waals surface area contributed by atoms with Crippen LogP contribution >= 0.6 is 0 Å². The summed E-state index contributed by atoms with van der Waals surface area (Å²) in [5.41, 5.74) is 0.0320. The number of methoxy groups -OCH3 is 1. The zero-order valence-electron chi connectivity index (χ0n) is 10.1. The van der Waals surface area contributed by atoms with E-state index >= 15 is 0 Å². The highest BCUT2D eigenvalue weighted by atomic mass is 19.1. The van der Waals surface area contributed by atoms with Crippen LogP contribution in [0.4, 0.5) is 14.5 Å². The van der Waals surface area contributed by atoms with Gasteiger partial charge >= 0.3 is 0 Å². The van der Waals surface area contributed by atoms with Gasteiger partial charge in [0.2, 0.25) is 0 Å². The van der Waals surface area contributed by atoms with Crippen LogP contribution in [-0.4, -0.2) is 13.0 Å². The van der Waals surface area contributed by atoms with Gasteiger partial charge in [-0.15, -0.1) is 0 Å². The molecule has 1 N–H and O–H groups in total. The van der Waals surface area contributed by atoms with Gasteiger partial charge in [0, 0.05) is 0 Å². The van der Waals surface area contributed by atoms with Crippen molar-refractivity contribution >= 4 is 11.6 Å². The number of rotatable bonds is 3. The van der Waals surface area contributed by atoms with E-state index in [1.165, 1.54) is 37.4 Å². The summed E-state index contributed by atoms with van der Waals surface area (Å²) in [4.78, 5) is 12.0. The first-order valence-corrected chi connectivity index (χ1v) is 5.51. The zero-order valence-corrected chi connectivity index (χ0v) is 10.1. The van der Waals surface area contributed by atoms with Crippen LogP contribution in [0.5, 0.6) is 5.75 Å². The minimum atomic E-state index is -0.638. The van der Waals surface area contributed by atoms with Gasteiger partial charge in [0.25, 0.3) is 5.91 Å². The Morgan fingerprint density at radius 3 is 2.58 bits per heavy atom. The van der Waals surface area contributed by atoms with Crippen molar-refractivity contribution in [2.75, 3.05) is 12.4 Å². The van der Waals surface area contributed by atoms with Gasteiger partial charge in [-0.3, -0.25) is 4.79 Å². The summed E-state index contributed by atoms with van der Waals surface area (Å²) in [5.74, 6) is -1.55. The summed E-state index contributed by atoms with van der Waals surface area (Å²) in [6.45, 7) is 0. The SMILES string of the molecule is COc1ccc(F)cc1C(=O)Nc1ccccc1F. The molecule has 2 rings (SSSR count). The third-order valence-corrected chi connectivity index (χ3v) is 2.53. The summed E-state index contributed by atoms with van der Waals surface area (Å²) in [7, 11) is 1.37. The smallest absolute Gasteiger partial charge is 0.259 e. The normalized spacial score (nSPS) is 10.1. The summed E-state index contributed by atoms with van der Waals surface area (Å²) in [5, 5.41) is 2.37. The predicted octanol–water partition coefficient (Wildman–Crippen LogP) is 3.23. The molecule has 0 aliphatic rings. The second kappa shape index (κ2) is 5.48. The molecule has 0 aliphatic heterocycles. The highest BCUT2D eigenvalue weighted by Gasteiger charge is 2.14. The molecule has 0 spiro atoms. The van der Waals surface area contributed by atoms with Crippen molar-refractivity contribution in [2.24, 2.45) is 0 Å². The van der Waals surface area contributed by atoms with Crippen molar-refractivity contribution in [2.45, 2.75) is 0 Å². The first-order chi connectivity index (χ1) is 9.11. The first-order valence-electron chi connectivity index (χ1n) is 5.51. The van der Waals surface area contributed by atoms with Crippen LogP contribution in [-0.2, 0) is 0 Å². The lowest BCUT2D eigenvalue weighted by Crippen LogP contribution is -2.14. The van der Waals surface area contributed by atoms with E-state index in [2.05, 4.69) is 5.32 Å². The molecule has 3 nitrogen and oxygen atoms in total. The van der Waals surface area contributed by atoms with Crippen molar-refractivity contribution in [3.8, 4) is 5.75 Å². The van der Waals surface area contributed by atoms with Crippen molar-refractivity contribution < 1.29 is 18.3 Å². The molecule has 98 valence electrons. The van der Waals surface area contributed by atoms with Gasteiger partial charge in [-0.25, -0.2) is 8.78 Å². The summed E-state index contributed by atoms with van der Waals surface area (Å²) >= 11 is 0. The molecule has 0 heterocycles. The number of amides is 1. The quantitative estimate of drug-likeness (QED) is 0.923. The number of carbonyl (C=O) groups is 1. The van der Waals surface area contributed by atoms with E-state index in [0.717, 1.165) is 6.07 Å². The number of ether oxygens (including phenoxy) is 1. The zero-order chi connectivity index (χ0) is 13.8. The monoisotopic (exact) mass is 263 g/mol. The van der Waals surface area contributed by atoms with Crippen LogP contribution in [0.1, 0.15) is 10.4 Å². The number of hydrogen-bond acceptors (Lipinski definition) is 2. The minimum absolute atomic E-state index is 0.00533. The molecule has 1 amide bonds. The van der Waals surface area contributed by atoms with E-state index < -0.39 is 17.5 Å². The lowest BCUT2D eigenvalue weighted by Gasteiger charge is -2.09. The largest absolute Gasteiger partial charge is 0.496 e. The second-order valence-electron chi connectivity index (χ2n) is 3.78. The Bertz CT molecular complexity index is 614. The molecule has 0 radical (unpaired) electrons. The molecule has 2 aromatic rings. The molecule has 0 bridgehead atoms. The average Bonchev–Trinajstić information content (AvgIpc) is 2.41. The number of carbonyl (C=O) groups excluding carboxylic acids is 1. The summed E-state index contributed by atoms with van der Waals surface area (Å²) < 4.78 is 31.5. The van der Waals surface area contributed by atoms with Crippen LogP contribution in [0.3, 0.4) is 0 Å². The van der Waals surface area contributed by atoms with Crippen molar-refractivity contribution in [1.82, 2.24) is 0 Å². The maximum atomic E-state index is 13.4. The number of benzene rings is 2. The molecule has 0 atom stereocenters. The van der Waals surface area contributed by atoms with Gasteiger partial charge in [0.05, 0.1) is 18.4 Å². The Labute approximate surface area is 108 Å². The third kappa shape index (κ3) is 2.88. The lowest BCUT2D eigenvalue weighted by atomic mass is 10.1. The van der Waals surface area contributed by atoms with Crippen LogP contribution < -0.4 is 10.1 Å². The number of anilines is 1. The molecule has 0 saturated carbocycles. The van der Waals surface area contributed by atoms with E-state index in [1.807, 2.05) is 0 Å². The number of hydrogen-bond donors (Lipinski definition) is 1. The minimum Gasteiger partial charge on any atom is -0.496 e. The number of para-hydroxylation sites is 1. The molecule has 0 aromatic heterocycles. The molecular weight excluding hydrogens is 252 g/mol. The van der Waals surface area contributed by atoms with E-state index in [0.29, 0.717) is 0 Å². The van der Waals surface area contributed by atoms with Gasteiger partial charge in [-0.1, -0.05) is 12.1 Å². The Balaban J connectivity index is 2.30. The Morgan fingerprint density at radius 1 is 1.16 bits per heavy atom. The van der Waals surface area contributed by atoms with Crippen molar-refractivity contribution in [1.29, 1.82) is 0 Å². The predicted molar refractivity (Wildman–Crippen MR) is 67.3 cm³/mol. The topological polar surface area (TPSA) is 38.3 Å². The molecule has 0 fully saturated rings. The van der Waals surface area contributed by atoms with Gasteiger partial charge in [-0.05, 0) is 30.3 Å². The van der Waals surface area contributed by atoms with Crippen LogP contribution in [0.2, 0.25) is 0 Å². The molecule has 0 saturated heterocycles. The lowest BCUT2D eigenvalue weighted by molar-refractivity contribution is 0.102. The molecule has 5 heteroatoms. The molecule has 2 aromatic carbocycles. The van der Waals surface area contributed by atoms with Crippen molar-refractivity contribution in [3.05, 3.63) is 59.7 Å². The fourth-order valence-corrected chi connectivity index (χ4v) is 1.61. The number of nitrogens with one attached hydrogen (secondary N) is 1. The van der Waals surface area contributed by atoms with Gasteiger partial charge in [0.1, 0.15) is 17.4 Å². The van der Waals surface area contributed by atoms with Crippen LogP contribution in [0.25, 0.3) is 0 Å². The maximum Gasteiger partial charge on any atom is 0.259 e. The van der Waals surface area contributed by atoms with E-state index in [-0.39, 0.29) is 17.0 Å². The highest BCUT2D eigenvalue weighted by Crippen LogP contribution is 2.21. The van der Waals surface area contributed by atoms with Gasteiger partial charge in [-0.2, -0.15) is 0 Å². The third-order valence-electron chi connectivity index (χ3n) is 2.53. The van der Waals surface area contributed by atoms with Crippen LogP contribution in [0, 0.1) is 11.6 Å². The van der Waals surface area contributed by atoms with Gasteiger partial charge < -0.3 is 10.1 Å². The highest BCUT2D eigenvalue weighted by molar-refractivity contribution is 6.06. The molecule has 0 unspecified atom stereocenters. The summed E-state index contributed by atoms with van der Waals surface area (Å²) in [6, 6.07) is 9.28. The fourth-order valence-electron chi connectivity index (χ4n) is 1.61. The Kier molecular flexibility index (Phi) is 3.75. The standard InChI is InChI=1S/C14H11F2NO2/c1-19-13-7-6-9(15)8-10(13)14(18)17-12-5-3-2-4-11(12)16/h2-8H,1H3,(H,17,18). The van der Waals surface area contributed by atoms with E-state index in [1.54, 1.807) is 6.07 Å². The number of halogens is 2.